The van der Waals surface area contributed by atoms with Crippen LogP contribution in [0.25, 0.3) is 0 Å². The van der Waals surface area contributed by atoms with Gasteiger partial charge in [0.2, 0.25) is 0 Å². The van der Waals surface area contributed by atoms with Gasteiger partial charge in [-0.15, -0.1) is 0 Å². The van der Waals surface area contributed by atoms with Crippen LogP contribution < -0.4 is 15.0 Å². The van der Waals surface area contributed by atoms with Gasteiger partial charge in [-0.3, -0.25) is 9.59 Å². The third-order valence-electron chi connectivity index (χ3n) is 7.05. The van der Waals surface area contributed by atoms with Gasteiger partial charge < -0.3 is 24.8 Å². The molecular weight excluding hydrogens is 464 g/mol. The van der Waals surface area contributed by atoms with Gasteiger partial charge in [-0.25, -0.2) is 0 Å². The van der Waals surface area contributed by atoms with Crippen molar-refractivity contribution in [2.45, 2.75) is 20.0 Å². The first kappa shape index (κ1) is 24.7. The molecule has 0 bridgehead atoms. The molecule has 0 aliphatic carbocycles. The van der Waals surface area contributed by atoms with E-state index in [1.807, 2.05) is 76.5 Å². The normalized spacial score (nSPS) is 17.2. The standard InChI is InChI=1S/C30H34N4O3/c1-21(2)20-34-28(24-8-4-5-9-25(24)30(34)36)31-23-14-12-22(13-15-23)29(35)33-18-16-32(17-19-33)26-10-6-7-11-27(26)37-3/h4-15,21,28,31H,16-20H2,1-3H3. The van der Waals surface area contributed by atoms with Gasteiger partial charge >= 0.3 is 0 Å². The fraction of sp³-hybridized carbons (Fsp3) is 0.333. The van der Waals surface area contributed by atoms with Crippen LogP contribution in [0.4, 0.5) is 11.4 Å². The Bertz CT molecular complexity index is 1270. The number of rotatable bonds is 7. The number of amides is 2. The van der Waals surface area contributed by atoms with Crippen LogP contribution in [0, 0.1) is 5.92 Å². The first-order valence-corrected chi connectivity index (χ1v) is 12.9. The van der Waals surface area contributed by atoms with Gasteiger partial charge in [-0.05, 0) is 48.4 Å². The number of methoxy groups -OCH3 is 1. The van der Waals surface area contributed by atoms with Crippen molar-refractivity contribution in [3.8, 4) is 5.75 Å². The second-order valence-corrected chi connectivity index (χ2v) is 10.0. The van der Waals surface area contributed by atoms with E-state index in [0.717, 1.165) is 41.3 Å². The van der Waals surface area contributed by atoms with Crippen LogP contribution in [0.3, 0.4) is 0 Å². The molecule has 2 amide bonds. The molecule has 1 fully saturated rings. The second kappa shape index (κ2) is 10.5. The highest BCUT2D eigenvalue weighted by molar-refractivity contribution is 5.99. The number of ether oxygens (including phenoxy) is 1. The molecule has 1 unspecified atom stereocenters. The smallest absolute Gasteiger partial charge is 0.256 e. The van der Waals surface area contributed by atoms with E-state index in [1.165, 1.54) is 0 Å². The van der Waals surface area contributed by atoms with Crippen LogP contribution in [0.2, 0.25) is 0 Å². The van der Waals surface area contributed by atoms with E-state index in [2.05, 4.69) is 30.1 Å². The largest absolute Gasteiger partial charge is 0.495 e. The number of hydrogen-bond acceptors (Lipinski definition) is 5. The van der Waals surface area contributed by atoms with E-state index in [-0.39, 0.29) is 18.0 Å². The number of anilines is 2. The maximum absolute atomic E-state index is 13.2. The molecule has 0 aromatic heterocycles. The van der Waals surface area contributed by atoms with E-state index in [1.54, 1.807) is 7.11 Å². The minimum absolute atomic E-state index is 0.0362. The number of nitrogens with zero attached hydrogens (tertiary/aromatic N) is 3. The minimum atomic E-state index is -0.226. The van der Waals surface area contributed by atoms with Crippen molar-refractivity contribution < 1.29 is 14.3 Å². The molecule has 5 rings (SSSR count). The summed E-state index contributed by atoms with van der Waals surface area (Å²) in [6.07, 6.45) is -0.226. The first-order chi connectivity index (χ1) is 18.0. The average molecular weight is 499 g/mol. The van der Waals surface area contributed by atoms with Crippen LogP contribution in [0.5, 0.6) is 5.75 Å². The molecule has 0 spiro atoms. The van der Waals surface area contributed by atoms with Crippen LogP contribution in [0.1, 0.15) is 46.3 Å². The molecule has 192 valence electrons. The van der Waals surface area contributed by atoms with Gasteiger partial charge in [0.15, 0.2) is 0 Å². The summed E-state index contributed by atoms with van der Waals surface area (Å²) in [5, 5.41) is 3.53. The Labute approximate surface area is 218 Å². The summed E-state index contributed by atoms with van der Waals surface area (Å²) in [6, 6.07) is 23.4. The number of carbonyl (C=O) groups excluding carboxylic acids is 2. The number of carbonyl (C=O) groups is 2. The van der Waals surface area contributed by atoms with E-state index in [9.17, 15) is 9.59 Å². The van der Waals surface area contributed by atoms with Gasteiger partial charge in [-0.1, -0.05) is 44.2 Å². The van der Waals surface area contributed by atoms with Crippen molar-refractivity contribution in [2.24, 2.45) is 5.92 Å². The summed E-state index contributed by atoms with van der Waals surface area (Å²) < 4.78 is 5.50. The number of benzene rings is 3. The molecule has 1 saturated heterocycles. The van der Waals surface area contributed by atoms with Crippen LogP contribution in [-0.4, -0.2) is 61.4 Å². The molecule has 7 heteroatoms. The molecule has 0 radical (unpaired) electrons. The van der Waals surface area contributed by atoms with Crippen molar-refractivity contribution >= 4 is 23.2 Å². The summed E-state index contributed by atoms with van der Waals surface area (Å²) >= 11 is 0. The maximum Gasteiger partial charge on any atom is 0.256 e. The Hall–Kier alpha value is -4.00. The monoisotopic (exact) mass is 498 g/mol. The molecule has 2 aliphatic heterocycles. The molecule has 7 nitrogen and oxygen atoms in total. The zero-order chi connectivity index (χ0) is 25.9. The summed E-state index contributed by atoms with van der Waals surface area (Å²) in [7, 11) is 1.68. The van der Waals surface area contributed by atoms with Gasteiger partial charge in [0.25, 0.3) is 11.8 Å². The number of para-hydroxylation sites is 2. The number of hydrogen-bond donors (Lipinski definition) is 1. The SMILES string of the molecule is COc1ccccc1N1CCN(C(=O)c2ccc(NC3c4ccccc4C(=O)N3CC(C)C)cc2)CC1. The van der Waals surface area contributed by atoms with Crippen LogP contribution in [-0.2, 0) is 0 Å². The Balaban J connectivity index is 1.24. The van der Waals surface area contributed by atoms with Crippen molar-refractivity contribution in [1.29, 1.82) is 0 Å². The summed E-state index contributed by atoms with van der Waals surface area (Å²) in [4.78, 5) is 32.3. The molecule has 2 heterocycles. The van der Waals surface area contributed by atoms with Crippen molar-refractivity contribution in [3.05, 3.63) is 89.5 Å². The summed E-state index contributed by atoms with van der Waals surface area (Å²) in [6.45, 7) is 7.72. The van der Waals surface area contributed by atoms with Crippen molar-refractivity contribution in [2.75, 3.05) is 50.1 Å². The van der Waals surface area contributed by atoms with Gasteiger partial charge in [-0.2, -0.15) is 0 Å². The first-order valence-electron chi connectivity index (χ1n) is 12.9. The molecule has 3 aromatic carbocycles. The Morgan fingerprint density at radius 3 is 2.32 bits per heavy atom. The van der Waals surface area contributed by atoms with E-state index < -0.39 is 0 Å². The van der Waals surface area contributed by atoms with Crippen LogP contribution in [0.15, 0.2) is 72.8 Å². The molecule has 37 heavy (non-hydrogen) atoms. The highest BCUT2D eigenvalue weighted by Gasteiger charge is 2.36. The van der Waals surface area contributed by atoms with E-state index in [4.69, 9.17) is 4.74 Å². The predicted molar refractivity (Wildman–Crippen MR) is 146 cm³/mol. The lowest BCUT2D eigenvalue weighted by atomic mass is 10.1. The number of fused-ring (bicyclic) bond motifs is 1. The van der Waals surface area contributed by atoms with E-state index >= 15 is 0 Å². The highest BCUT2D eigenvalue weighted by Crippen LogP contribution is 2.35. The van der Waals surface area contributed by atoms with Crippen LogP contribution >= 0.6 is 0 Å². The lowest BCUT2D eigenvalue weighted by Gasteiger charge is -2.36. The molecular formula is C30H34N4O3. The predicted octanol–water partition coefficient (Wildman–Crippen LogP) is 4.88. The Morgan fingerprint density at radius 2 is 1.62 bits per heavy atom. The minimum Gasteiger partial charge on any atom is -0.495 e. The number of piperazine rings is 1. The van der Waals surface area contributed by atoms with Gasteiger partial charge in [0.05, 0.1) is 12.8 Å². The molecule has 1 atom stereocenters. The zero-order valence-electron chi connectivity index (χ0n) is 21.7. The Morgan fingerprint density at radius 1 is 0.946 bits per heavy atom. The fourth-order valence-electron chi connectivity index (χ4n) is 5.20. The molecule has 3 aromatic rings. The lowest BCUT2D eigenvalue weighted by Crippen LogP contribution is -2.48. The van der Waals surface area contributed by atoms with Crippen molar-refractivity contribution in [1.82, 2.24) is 9.80 Å². The fourth-order valence-corrected chi connectivity index (χ4v) is 5.20. The lowest BCUT2D eigenvalue weighted by molar-refractivity contribution is 0.0719. The average Bonchev–Trinajstić information content (AvgIpc) is 3.19. The summed E-state index contributed by atoms with van der Waals surface area (Å²) in [5.74, 6) is 1.30. The van der Waals surface area contributed by atoms with E-state index in [0.29, 0.717) is 31.1 Å². The third kappa shape index (κ3) is 4.99. The number of nitrogens with one attached hydrogen (secondary N) is 1. The molecule has 0 saturated carbocycles. The topological polar surface area (TPSA) is 65.1 Å². The summed E-state index contributed by atoms with van der Waals surface area (Å²) in [5.41, 5.74) is 4.34. The molecule has 2 aliphatic rings. The van der Waals surface area contributed by atoms with Crippen molar-refractivity contribution in [3.63, 3.8) is 0 Å². The van der Waals surface area contributed by atoms with Gasteiger partial charge in [0.1, 0.15) is 11.9 Å². The Kier molecular flexibility index (Phi) is 7.04. The molecule has 1 N–H and O–H groups in total. The van der Waals surface area contributed by atoms with Gasteiger partial charge in [0, 0.05) is 55.1 Å². The quantitative estimate of drug-likeness (QED) is 0.503. The third-order valence-corrected chi connectivity index (χ3v) is 7.05. The zero-order valence-corrected chi connectivity index (χ0v) is 21.7. The maximum atomic E-state index is 13.2. The second-order valence-electron chi connectivity index (χ2n) is 10.0. The highest BCUT2D eigenvalue weighted by atomic mass is 16.5.